The lowest BCUT2D eigenvalue weighted by Crippen LogP contribution is -2.30. The molecular weight excluding hydrogens is 324 g/mol. The SMILES string of the molecule is Cc1cc(C)n(C(C)CNC(=O)c2ccc(CN3CCCCC3)cc2)n1. The largest absolute Gasteiger partial charge is 0.350 e. The van der Waals surface area contributed by atoms with Gasteiger partial charge in [-0.25, -0.2) is 0 Å². The number of carbonyl (C=O) groups is 1. The molecule has 1 aliphatic heterocycles. The highest BCUT2D eigenvalue weighted by atomic mass is 16.1. The van der Waals surface area contributed by atoms with Crippen LogP contribution < -0.4 is 5.32 Å². The molecule has 0 aliphatic carbocycles. The summed E-state index contributed by atoms with van der Waals surface area (Å²) in [6.45, 7) is 10.0. The van der Waals surface area contributed by atoms with Crippen molar-refractivity contribution in [2.75, 3.05) is 19.6 Å². The second-order valence-electron chi connectivity index (χ2n) is 7.46. The van der Waals surface area contributed by atoms with Crippen molar-refractivity contribution in [3.8, 4) is 0 Å². The molecule has 2 aromatic rings. The van der Waals surface area contributed by atoms with Gasteiger partial charge >= 0.3 is 0 Å². The van der Waals surface area contributed by atoms with Crippen LogP contribution in [0.25, 0.3) is 0 Å². The highest BCUT2D eigenvalue weighted by molar-refractivity contribution is 5.94. The molecule has 1 N–H and O–H groups in total. The van der Waals surface area contributed by atoms with Gasteiger partial charge in [-0.05, 0) is 70.5 Å². The van der Waals surface area contributed by atoms with Crippen molar-refractivity contribution in [3.63, 3.8) is 0 Å². The fourth-order valence-electron chi connectivity index (χ4n) is 3.66. The second-order valence-corrected chi connectivity index (χ2v) is 7.46. The number of hydrogen-bond donors (Lipinski definition) is 1. The maximum absolute atomic E-state index is 12.4. The van der Waals surface area contributed by atoms with E-state index in [2.05, 4.69) is 40.4 Å². The number of carbonyl (C=O) groups excluding carboxylic acids is 1. The van der Waals surface area contributed by atoms with Gasteiger partial charge in [0, 0.05) is 24.3 Å². The van der Waals surface area contributed by atoms with Crippen LogP contribution in [0.4, 0.5) is 0 Å². The fourth-order valence-corrected chi connectivity index (χ4v) is 3.66. The van der Waals surface area contributed by atoms with Gasteiger partial charge in [0.25, 0.3) is 5.91 Å². The third-order valence-electron chi connectivity index (χ3n) is 5.09. The molecule has 5 nitrogen and oxygen atoms in total. The van der Waals surface area contributed by atoms with Crippen LogP contribution >= 0.6 is 0 Å². The quantitative estimate of drug-likeness (QED) is 0.864. The lowest BCUT2D eigenvalue weighted by Gasteiger charge is -2.26. The molecule has 1 unspecified atom stereocenters. The van der Waals surface area contributed by atoms with Crippen LogP contribution in [0, 0.1) is 13.8 Å². The minimum Gasteiger partial charge on any atom is -0.350 e. The Morgan fingerprint density at radius 1 is 1.15 bits per heavy atom. The van der Waals surface area contributed by atoms with Gasteiger partial charge in [0.05, 0.1) is 11.7 Å². The number of rotatable bonds is 6. The molecule has 1 amide bonds. The summed E-state index contributed by atoms with van der Waals surface area (Å²) < 4.78 is 1.97. The lowest BCUT2D eigenvalue weighted by atomic mass is 10.1. The van der Waals surface area contributed by atoms with Crippen LogP contribution in [0.5, 0.6) is 0 Å². The molecule has 1 aliphatic rings. The minimum atomic E-state index is -0.0251. The summed E-state index contributed by atoms with van der Waals surface area (Å²) in [6.07, 6.45) is 3.95. The van der Waals surface area contributed by atoms with Crippen molar-refractivity contribution in [2.45, 2.75) is 52.6 Å². The Morgan fingerprint density at radius 3 is 2.46 bits per heavy atom. The van der Waals surface area contributed by atoms with E-state index < -0.39 is 0 Å². The van der Waals surface area contributed by atoms with E-state index in [0.717, 1.165) is 17.9 Å². The fraction of sp³-hybridized carbons (Fsp3) is 0.524. The van der Waals surface area contributed by atoms with Crippen LogP contribution in [-0.2, 0) is 6.54 Å². The number of hydrogen-bond acceptors (Lipinski definition) is 3. The molecule has 0 saturated carbocycles. The normalized spacial score (nSPS) is 16.4. The van der Waals surface area contributed by atoms with Crippen LogP contribution in [0.1, 0.15) is 59.5 Å². The maximum Gasteiger partial charge on any atom is 0.251 e. The number of piperidine rings is 1. The molecular formula is C21H30N4O. The molecule has 2 heterocycles. The standard InChI is InChI=1S/C21H30N4O/c1-16-13-17(2)25(23-16)18(3)14-22-21(26)20-9-7-19(8-10-20)15-24-11-5-4-6-12-24/h7-10,13,18H,4-6,11-12,14-15H2,1-3H3,(H,22,26). The van der Waals surface area contributed by atoms with Crippen molar-refractivity contribution in [1.82, 2.24) is 20.0 Å². The molecule has 1 saturated heterocycles. The Kier molecular flexibility index (Phi) is 6.09. The van der Waals surface area contributed by atoms with Crippen molar-refractivity contribution < 1.29 is 4.79 Å². The van der Waals surface area contributed by atoms with Gasteiger partial charge < -0.3 is 5.32 Å². The molecule has 1 aromatic heterocycles. The van der Waals surface area contributed by atoms with Crippen LogP contribution in [0.3, 0.4) is 0 Å². The van der Waals surface area contributed by atoms with E-state index in [-0.39, 0.29) is 11.9 Å². The van der Waals surface area contributed by atoms with Gasteiger partial charge in [0.1, 0.15) is 0 Å². The molecule has 3 rings (SSSR count). The van der Waals surface area contributed by atoms with E-state index in [1.807, 2.05) is 30.7 Å². The number of benzene rings is 1. The monoisotopic (exact) mass is 354 g/mol. The van der Waals surface area contributed by atoms with Crippen LogP contribution in [-0.4, -0.2) is 40.2 Å². The number of likely N-dealkylation sites (tertiary alicyclic amines) is 1. The smallest absolute Gasteiger partial charge is 0.251 e. The van der Waals surface area contributed by atoms with Gasteiger partial charge in [0.15, 0.2) is 0 Å². The minimum absolute atomic E-state index is 0.0251. The highest BCUT2D eigenvalue weighted by Gasteiger charge is 2.13. The Bertz CT molecular complexity index is 729. The van der Waals surface area contributed by atoms with Crippen molar-refractivity contribution in [2.24, 2.45) is 0 Å². The molecule has 0 radical (unpaired) electrons. The van der Waals surface area contributed by atoms with Gasteiger partial charge in [-0.2, -0.15) is 5.10 Å². The molecule has 26 heavy (non-hydrogen) atoms. The predicted octanol–water partition coefficient (Wildman–Crippen LogP) is 3.48. The van der Waals surface area contributed by atoms with Gasteiger partial charge in [-0.1, -0.05) is 18.6 Å². The number of nitrogens with zero attached hydrogens (tertiary/aromatic N) is 3. The number of nitrogens with one attached hydrogen (secondary N) is 1. The molecule has 5 heteroatoms. The van der Waals surface area contributed by atoms with E-state index in [1.165, 1.54) is 37.9 Å². The Labute approximate surface area is 156 Å². The number of aromatic nitrogens is 2. The third-order valence-corrected chi connectivity index (χ3v) is 5.09. The summed E-state index contributed by atoms with van der Waals surface area (Å²) in [6, 6.07) is 10.2. The Hall–Kier alpha value is -2.14. The number of aryl methyl sites for hydroxylation is 2. The second kappa shape index (κ2) is 8.49. The van der Waals surface area contributed by atoms with E-state index in [1.54, 1.807) is 0 Å². The van der Waals surface area contributed by atoms with Crippen molar-refractivity contribution in [1.29, 1.82) is 0 Å². The molecule has 140 valence electrons. The summed E-state index contributed by atoms with van der Waals surface area (Å²) in [7, 11) is 0. The molecule has 0 bridgehead atoms. The maximum atomic E-state index is 12.4. The molecule has 1 fully saturated rings. The lowest BCUT2D eigenvalue weighted by molar-refractivity contribution is 0.0947. The summed E-state index contributed by atoms with van der Waals surface area (Å²) in [5.74, 6) is -0.0251. The predicted molar refractivity (Wildman–Crippen MR) is 104 cm³/mol. The summed E-state index contributed by atoms with van der Waals surface area (Å²) in [5.41, 5.74) is 4.11. The zero-order chi connectivity index (χ0) is 18.5. The average molecular weight is 354 g/mol. The number of amides is 1. The first-order valence-electron chi connectivity index (χ1n) is 9.65. The summed E-state index contributed by atoms with van der Waals surface area (Å²) in [4.78, 5) is 14.9. The average Bonchev–Trinajstić information content (AvgIpc) is 2.99. The Balaban J connectivity index is 1.52. The van der Waals surface area contributed by atoms with Gasteiger partial charge in [-0.3, -0.25) is 14.4 Å². The van der Waals surface area contributed by atoms with Crippen LogP contribution in [0.2, 0.25) is 0 Å². The Morgan fingerprint density at radius 2 is 1.85 bits per heavy atom. The van der Waals surface area contributed by atoms with Gasteiger partial charge in [0.2, 0.25) is 0 Å². The topological polar surface area (TPSA) is 50.2 Å². The molecule has 1 aromatic carbocycles. The van der Waals surface area contributed by atoms with E-state index in [4.69, 9.17) is 0 Å². The van der Waals surface area contributed by atoms with Crippen molar-refractivity contribution >= 4 is 5.91 Å². The first kappa shape index (κ1) is 18.6. The van der Waals surface area contributed by atoms with Crippen molar-refractivity contribution in [3.05, 3.63) is 52.8 Å². The highest BCUT2D eigenvalue weighted by Crippen LogP contribution is 2.14. The zero-order valence-electron chi connectivity index (χ0n) is 16.2. The molecule has 0 spiro atoms. The zero-order valence-corrected chi connectivity index (χ0v) is 16.2. The first-order valence-corrected chi connectivity index (χ1v) is 9.65. The van der Waals surface area contributed by atoms with E-state index >= 15 is 0 Å². The van der Waals surface area contributed by atoms with Gasteiger partial charge in [-0.15, -0.1) is 0 Å². The van der Waals surface area contributed by atoms with Crippen LogP contribution in [0.15, 0.2) is 30.3 Å². The summed E-state index contributed by atoms with van der Waals surface area (Å²) >= 11 is 0. The molecule has 1 atom stereocenters. The van der Waals surface area contributed by atoms with E-state index in [9.17, 15) is 4.79 Å². The third kappa shape index (κ3) is 4.73. The van der Waals surface area contributed by atoms with E-state index in [0.29, 0.717) is 12.1 Å². The first-order chi connectivity index (χ1) is 12.5. The summed E-state index contributed by atoms with van der Waals surface area (Å²) in [5, 5.41) is 7.51.